The van der Waals surface area contributed by atoms with Crippen LogP contribution in [0.2, 0.25) is 0 Å². The van der Waals surface area contributed by atoms with Gasteiger partial charge in [0.25, 0.3) is 0 Å². The summed E-state index contributed by atoms with van der Waals surface area (Å²) in [7, 11) is 0. The van der Waals surface area contributed by atoms with Crippen LogP contribution in [0.15, 0.2) is 24.3 Å². The van der Waals surface area contributed by atoms with Crippen LogP contribution in [0.3, 0.4) is 0 Å². The van der Waals surface area contributed by atoms with Crippen LogP contribution in [0.4, 0.5) is 4.79 Å². The number of carbonyl (C=O) groups is 2. The lowest BCUT2D eigenvalue weighted by Gasteiger charge is -2.41. The fourth-order valence-corrected chi connectivity index (χ4v) is 2.98. The first-order chi connectivity index (χ1) is 11.7. The van der Waals surface area contributed by atoms with E-state index in [0.717, 1.165) is 31.6 Å². The Balaban J connectivity index is 1.96. The minimum Gasteiger partial charge on any atom is -0.478 e. The molecule has 1 aliphatic rings. The Labute approximate surface area is 149 Å². The summed E-state index contributed by atoms with van der Waals surface area (Å²) < 4.78 is 5.51. The van der Waals surface area contributed by atoms with E-state index in [1.807, 2.05) is 37.8 Å². The minimum absolute atomic E-state index is 0.127. The third-order valence-electron chi connectivity index (χ3n) is 4.27. The molecular formula is C19H28N2O4. The molecule has 25 heavy (non-hydrogen) atoms. The molecule has 0 aromatic heterocycles. The van der Waals surface area contributed by atoms with Crippen LogP contribution in [-0.2, 0) is 11.3 Å². The molecule has 6 heteroatoms. The standard InChI is InChI=1S/C19H28N2O4/c1-5-16-13-20(10-11-21(16)18(24)25-19(2,3)4)12-14-6-8-15(9-7-14)17(22)23/h6-9,16H,5,10-13H2,1-4H3,(H,22,23)/t16-/m0/s1. The zero-order valence-corrected chi connectivity index (χ0v) is 15.5. The second-order valence-electron chi connectivity index (χ2n) is 7.47. The Morgan fingerprint density at radius 1 is 1.20 bits per heavy atom. The second-order valence-corrected chi connectivity index (χ2v) is 7.47. The minimum atomic E-state index is -0.913. The van der Waals surface area contributed by atoms with E-state index in [1.54, 1.807) is 12.1 Å². The zero-order valence-electron chi connectivity index (χ0n) is 15.5. The maximum Gasteiger partial charge on any atom is 0.410 e. The van der Waals surface area contributed by atoms with Gasteiger partial charge in [-0.05, 0) is 44.9 Å². The SMILES string of the molecule is CC[C@H]1CN(Cc2ccc(C(=O)O)cc2)CCN1C(=O)OC(C)(C)C. The van der Waals surface area contributed by atoms with Gasteiger partial charge in [0.15, 0.2) is 0 Å². The largest absolute Gasteiger partial charge is 0.478 e. The van der Waals surface area contributed by atoms with Gasteiger partial charge in [-0.2, -0.15) is 0 Å². The first kappa shape index (κ1) is 19.2. The highest BCUT2D eigenvalue weighted by Crippen LogP contribution is 2.19. The van der Waals surface area contributed by atoms with Crippen molar-refractivity contribution in [2.24, 2.45) is 0 Å². The van der Waals surface area contributed by atoms with Gasteiger partial charge < -0.3 is 14.7 Å². The van der Waals surface area contributed by atoms with E-state index >= 15 is 0 Å². The lowest BCUT2D eigenvalue weighted by molar-refractivity contribution is -0.00301. The van der Waals surface area contributed by atoms with Gasteiger partial charge in [0, 0.05) is 32.2 Å². The van der Waals surface area contributed by atoms with E-state index in [0.29, 0.717) is 12.1 Å². The van der Waals surface area contributed by atoms with Crippen molar-refractivity contribution >= 4 is 12.1 Å². The van der Waals surface area contributed by atoms with E-state index < -0.39 is 11.6 Å². The quantitative estimate of drug-likeness (QED) is 0.905. The van der Waals surface area contributed by atoms with E-state index in [4.69, 9.17) is 9.84 Å². The fourth-order valence-electron chi connectivity index (χ4n) is 2.98. The molecule has 0 bridgehead atoms. The molecule has 1 fully saturated rings. The number of benzene rings is 1. The van der Waals surface area contributed by atoms with Crippen molar-refractivity contribution in [2.45, 2.75) is 52.3 Å². The van der Waals surface area contributed by atoms with Gasteiger partial charge in [0.1, 0.15) is 5.60 Å². The maximum absolute atomic E-state index is 12.4. The van der Waals surface area contributed by atoms with Gasteiger partial charge >= 0.3 is 12.1 Å². The third kappa shape index (κ3) is 5.46. The van der Waals surface area contributed by atoms with Gasteiger partial charge in [-0.3, -0.25) is 4.90 Å². The van der Waals surface area contributed by atoms with E-state index in [2.05, 4.69) is 11.8 Å². The van der Waals surface area contributed by atoms with Crippen LogP contribution < -0.4 is 0 Å². The summed E-state index contributed by atoms with van der Waals surface area (Å²) in [4.78, 5) is 27.4. The third-order valence-corrected chi connectivity index (χ3v) is 4.27. The Morgan fingerprint density at radius 2 is 1.84 bits per heavy atom. The van der Waals surface area contributed by atoms with Crippen molar-refractivity contribution in [3.8, 4) is 0 Å². The Bertz CT molecular complexity index is 607. The number of carboxylic acid groups (broad SMARTS) is 1. The summed E-state index contributed by atoms with van der Waals surface area (Å²) in [6.45, 7) is 10.7. The van der Waals surface area contributed by atoms with Gasteiger partial charge in [-0.25, -0.2) is 9.59 Å². The number of nitrogens with zero attached hydrogens (tertiary/aromatic N) is 2. The average molecular weight is 348 g/mol. The van der Waals surface area contributed by atoms with Gasteiger partial charge in [0.05, 0.1) is 5.56 Å². The summed E-state index contributed by atoms with van der Waals surface area (Å²) in [5.41, 5.74) is 0.883. The first-order valence-electron chi connectivity index (χ1n) is 8.74. The summed E-state index contributed by atoms with van der Waals surface area (Å²) in [5.74, 6) is -0.913. The van der Waals surface area contributed by atoms with Gasteiger partial charge in [-0.15, -0.1) is 0 Å². The highest BCUT2D eigenvalue weighted by atomic mass is 16.6. The van der Waals surface area contributed by atoms with Crippen molar-refractivity contribution in [2.75, 3.05) is 19.6 Å². The Hall–Kier alpha value is -2.08. The Kier molecular flexibility index (Phi) is 6.06. The molecule has 1 heterocycles. The number of rotatable bonds is 4. The molecule has 6 nitrogen and oxygen atoms in total. The van der Waals surface area contributed by atoms with Crippen molar-refractivity contribution in [1.82, 2.24) is 9.80 Å². The topological polar surface area (TPSA) is 70.1 Å². The summed E-state index contributed by atoms with van der Waals surface area (Å²) in [6.07, 6.45) is 0.623. The van der Waals surface area contributed by atoms with Crippen LogP contribution in [-0.4, -0.2) is 58.2 Å². The molecule has 0 unspecified atom stereocenters. The van der Waals surface area contributed by atoms with E-state index in [-0.39, 0.29) is 12.1 Å². The molecule has 2 rings (SSSR count). The van der Waals surface area contributed by atoms with Gasteiger partial charge in [-0.1, -0.05) is 19.1 Å². The number of carbonyl (C=O) groups excluding carboxylic acids is 1. The highest BCUT2D eigenvalue weighted by molar-refractivity contribution is 5.87. The molecule has 138 valence electrons. The summed E-state index contributed by atoms with van der Waals surface area (Å²) >= 11 is 0. The number of ether oxygens (including phenoxy) is 1. The number of hydrogen-bond acceptors (Lipinski definition) is 4. The normalized spacial score (nSPS) is 18.9. The van der Waals surface area contributed by atoms with Crippen molar-refractivity contribution in [3.05, 3.63) is 35.4 Å². The summed E-state index contributed by atoms with van der Waals surface area (Å²) in [5, 5.41) is 8.97. The molecule has 0 spiro atoms. The van der Waals surface area contributed by atoms with E-state index in [9.17, 15) is 9.59 Å². The number of carboxylic acids is 1. The predicted molar refractivity (Wildman–Crippen MR) is 95.7 cm³/mol. The smallest absolute Gasteiger partial charge is 0.410 e. The fraction of sp³-hybridized carbons (Fsp3) is 0.579. The average Bonchev–Trinajstić information content (AvgIpc) is 2.53. The number of aromatic carboxylic acids is 1. The lowest BCUT2D eigenvalue weighted by atomic mass is 10.1. The molecule has 0 aliphatic carbocycles. The predicted octanol–water partition coefficient (Wildman–Crippen LogP) is 3.22. The van der Waals surface area contributed by atoms with Gasteiger partial charge in [0.2, 0.25) is 0 Å². The second kappa shape index (κ2) is 7.87. The molecule has 1 atom stereocenters. The summed E-state index contributed by atoms with van der Waals surface area (Å²) in [6, 6.07) is 7.09. The number of hydrogen-bond donors (Lipinski definition) is 1. The van der Waals surface area contributed by atoms with Crippen LogP contribution >= 0.6 is 0 Å². The van der Waals surface area contributed by atoms with Crippen LogP contribution in [0.1, 0.15) is 50.0 Å². The molecular weight excluding hydrogens is 320 g/mol. The molecule has 1 aliphatic heterocycles. The van der Waals surface area contributed by atoms with E-state index in [1.165, 1.54) is 0 Å². The highest BCUT2D eigenvalue weighted by Gasteiger charge is 2.32. The molecule has 1 N–H and O–H groups in total. The first-order valence-corrected chi connectivity index (χ1v) is 8.74. The van der Waals surface area contributed by atoms with Crippen molar-refractivity contribution < 1.29 is 19.4 Å². The lowest BCUT2D eigenvalue weighted by Crippen LogP contribution is -2.55. The molecule has 1 aromatic carbocycles. The molecule has 1 saturated heterocycles. The maximum atomic E-state index is 12.4. The Morgan fingerprint density at radius 3 is 2.36 bits per heavy atom. The molecule has 0 saturated carbocycles. The molecule has 0 radical (unpaired) electrons. The molecule has 1 amide bonds. The zero-order chi connectivity index (χ0) is 18.6. The van der Waals surface area contributed by atoms with Crippen LogP contribution in [0.25, 0.3) is 0 Å². The van der Waals surface area contributed by atoms with Crippen molar-refractivity contribution in [1.29, 1.82) is 0 Å². The molecule has 1 aromatic rings. The number of amides is 1. The number of piperazine rings is 1. The van der Waals surface area contributed by atoms with Crippen molar-refractivity contribution in [3.63, 3.8) is 0 Å². The van der Waals surface area contributed by atoms with Crippen LogP contribution in [0.5, 0.6) is 0 Å². The monoisotopic (exact) mass is 348 g/mol. The van der Waals surface area contributed by atoms with Crippen LogP contribution in [0, 0.1) is 0 Å².